The van der Waals surface area contributed by atoms with E-state index in [9.17, 15) is 74.8 Å². The van der Waals surface area contributed by atoms with Gasteiger partial charge in [-0.05, 0) is 171 Å². The average molecular weight is 2070 g/mol. The minimum atomic E-state index is -3.56. The van der Waals surface area contributed by atoms with Gasteiger partial charge in [0.05, 0.1) is 121 Å². The van der Waals surface area contributed by atoms with Crippen LogP contribution in [0.5, 0.6) is 0 Å². The van der Waals surface area contributed by atoms with Gasteiger partial charge in [-0.1, -0.05) is 99.8 Å². The van der Waals surface area contributed by atoms with Gasteiger partial charge in [-0.2, -0.15) is 25.5 Å². The summed E-state index contributed by atoms with van der Waals surface area (Å²) in [7, 11) is -17.2. The zero-order chi connectivity index (χ0) is 101. The van der Waals surface area contributed by atoms with Gasteiger partial charge in [-0.3, -0.25) is 47.6 Å². The van der Waals surface area contributed by atoms with Crippen LogP contribution in [0.2, 0.25) is 15.1 Å². The number of pyridine rings is 5. The van der Waals surface area contributed by atoms with Crippen molar-refractivity contribution >= 4 is 113 Å². The first-order chi connectivity index (χ1) is 66.4. The molecule has 2 saturated carbocycles. The predicted octanol–water partition coefficient (Wildman–Crippen LogP) is 15.8. The Bertz CT molecular complexity index is 7850. The highest BCUT2D eigenvalue weighted by Crippen LogP contribution is 2.37. The summed E-state index contributed by atoms with van der Waals surface area (Å²) < 4.78 is 172. The van der Waals surface area contributed by atoms with Crippen molar-refractivity contribution in [1.29, 1.82) is 0 Å². The zero-order valence-electron chi connectivity index (χ0n) is 77.3. The largest absolute Gasteiger partial charge is 0.313 e. The SMILES string of the molecule is CC(C)Cn1cc(-n2cc(-c3ccc(NS(=O)(=O)C4CC4)cc3Cl)cn2)ccc1=O.CCCn1cc(-n2cc(-c3ccc(NS(=O)(=O)CC)c(F)c3)cn2)ccc1=O.CCCn1cc(-n2cc(-c3ccc(NS(C)(=O)=O)c(Cl)c3)cn2)ccc1=O.CCCn1cc(-n2cc(-c3ccc(NS(C)(=O)=O)c(F)c3)cn2)ccc1=O.CS(=O)(=O)Nc1ccc(-c2cnn(-c3ccc(=O)n(CC4CC4)c3)c2)c(Cl)c1. The second-order valence-corrected chi connectivity index (χ2v) is 44.1. The molecule has 0 aliphatic heterocycles. The molecule has 2 aliphatic carbocycles. The highest BCUT2D eigenvalue weighted by Gasteiger charge is 2.36. The molecule has 45 heteroatoms. The molecule has 0 bridgehead atoms. The lowest BCUT2D eigenvalue weighted by atomic mass is 10.1. The first-order valence-electron chi connectivity index (χ1n) is 44.1. The summed E-state index contributed by atoms with van der Waals surface area (Å²) in [5.41, 5.74) is 11.6. The Morgan fingerprint density at radius 1 is 0.350 bits per heavy atom. The number of rotatable bonds is 32. The molecular weight excluding hydrogens is 1970 g/mol. The van der Waals surface area contributed by atoms with Crippen LogP contribution < -0.4 is 51.4 Å². The fourth-order valence-electron chi connectivity index (χ4n) is 14.3. The van der Waals surface area contributed by atoms with E-state index in [1.807, 2.05) is 45.6 Å². The van der Waals surface area contributed by atoms with Gasteiger partial charge in [-0.25, -0.2) is 74.3 Å². The number of hydrogen-bond donors (Lipinski definition) is 5. The Morgan fingerprint density at radius 2 is 0.679 bits per heavy atom. The second kappa shape index (κ2) is 44.7. The van der Waals surface area contributed by atoms with Gasteiger partial charge < -0.3 is 22.8 Å². The third kappa shape index (κ3) is 28.4. The molecule has 5 N–H and O–H groups in total. The molecule has 2 fully saturated rings. The Morgan fingerprint density at radius 3 is 1.02 bits per heavy atom. The Balaban J connectivity index is 0.000000147. The van der Waals surface area contributed by atoms with Crippen molar-refractivity contribution in [2.75, 3.05) is 48.1 Å². The summed E-state index contributed by atoms with van der Waals surface area (Å²) >= 11 is 19.0. The van der Waals surface area contributed by atoms with E-state index in [4.69, 9.17) is 34.8 Å². The molecule has 0 atom stereocenters. The van der Waals surface area contributed by atoms with E-state index in [-0.39, 0.29) is 50.2 Å². The summed E-state index contributed by atoms with van der Waals surface area (Å²) in [5.74, 6) is -0.540. The van der Waals surface area contributed by atoms with Gasteiger partial charge >= 0.3 is 0 Å². The van der Waals surface area contributed by atoms with E-state index in [2.05, 4.69) is 63.0 Å². The molecule has 0 spiro atoms. The number of nitrogens with one attached hydrogen (secondary N) is 5. The Kier molecular flexibility index (Phi) is 33.1. The zero-order valence-corrected chi connectivity index (χ0v) is 83.6. The number of sulfonamides is 5. The maximum atomic E-state index is 14.3. The number of aryl methyl sites for hydroxylation is 3. The average Bonchev–Trinajstić information content (AvgIpc) is 1.66. The van der Waals surface area contributed by atoms with Crippen molar-refractivity contribution in [2.45, 2.75) is 124 Å². The van der Waals surface area contributed by atoms with Crippen molar-refractivity contribution in [1.82, 2.24) is 71.7 Å². The molecule has 0 amide bonds. The van der Waals surface area contributed by atoms with Gasteiger partial charge in [-0.15, -0.1) is 0 Å². The number of halogens is 5. The molecule has 10 heterocycles. The van der Waals surface area contributed by atoms with Crippen LogP contribution in [-0.4, -0.2) is 144 Å². The molecule has 35 nitrogen and oxygen atoms in total. The fourth-order valence-corrected chi connectivity index (χ4v) is 18.8. The first kappa shape index (κ1) is 104. The normalized spacial score (nSPS) is 12.7. The van der Waals surface area contributed by atoms with Gasteiger partial charge in [0.1, 0.15) is 11.6 Å². The monoisotopic (exact) mass is 2060 g/mol. The predicted molar refractivity (Wildman–Crippen MR) is 544 cm³/mol. The number of anilines is 5. The third-order valence-electron chi connectivity index (χ3n) is 21.4. The molecule has 0 radical (unpaired) electrons. The molecule has 140 heavy (non-hydrogen) atoms. The molecule has 736 valence electrons. The molecule has 5 aromatic carbocycles. The Hall–Kier alpha value is -13.6. The van der Waals surface area contributed by atoms with E-state index in [1.54, 1.807) is 218 Å². The van der Waals surface area contributed by atoms with Crippen LogP contribution in [0.3, 0.4) is 0 Å². The van der Waals surface area contributed by atoms with Crippen LogP contribution >= 0.6 is 34.8 Å². The number of aromatic nitrogens is 15. The summed E-state index contributed by atoms with van der Waals surface area (Å²) in [5, 5.41) is 22.5. The summed E-state index contributed by atoms with van der Waals surface area (Å²) in [6.07, 6.45) is 35.4. The van der Waals surface area contributed by atoms with Crippen LogP contribution in [0.1, 0.15) is 86.5 Å². The minimum Gasteiger partial charge on any atom is -0.313 e. The molecule has 0 unspecified atom stereocenters. The smallest absolute Gasteiger partial charge is 0.250 e. The van der Waals surface area contributed by atoms with E-state index < -0.39 is 61.8 Å². The highest BCUT2D eigenvalue weighted by molar-refractivity contribution is 7.94. The summed E-state index contributed by atoms with van der Waals surface area (Å²) in [4.78, 5) is 59.6. The molecule has 2 aliphatic rings. The lowest BCUT2D eigenvalue weighted by molar-refractivity contribution is 0.509. The van der Waals surface area contributed by atoms with Gasteiger partial charge in [0.15, 0.2) is 0 Å². The van der Waals surface area contributed by atoms with Crippen molar-refractivity contribution in [3.8, 4) is 84.1 Å². The van der Waals surface area contributed by atoms with Crippen molar-refractivity contribution in [3.63, 3.8) is 0 Å². The van der Waals surface area contributed by atoms with E-state index in [0.29, 0.717) is 117 Å². The maximum Gasteiger partial charge on any atom is 0.250 e. The van der Waals surface area contributed by atoms with Crippen molar-refractivity contribution in [2.24, 2.45) is 11.8 Å². The topological polar surface area (TPSA) is 430 Å². The minimum absolute atomic E-state index is 0.0139. The van der Waals surface area contributed by atoms with Crippen molar-refractivity contribution in [3.05, 3.63) is 323 Å². The van der Waals surface area contributed by atoms with E-state index in [0.717, 1.165) is 95.0 Å². The second-order valence-electron chi connectivity index (χ2n) is 33.7. The number of nitrogens with zero attached hydrogens (tertiary/aromatic N) is 15. The molecule has 0 saturated heterocycles. The molecule has 10 aromatic heterocycles. The summed E-state index contributed by atoms with van der Waals surface area (Å²) in [6, 6.07) is 39.7. The number of hydrogen-bond acceptors (Lipinski definition) is 20. The third-order valence-corrected chi connectivity index (χ3v) is 27.3. The van der Waals surface area contributed by atoms with Gasteiger partial charge in [0.25, 0.3) is 27.8 Å². The molecular formula is C95H101Cl3F2N20O15S5. The first-order valence-corrected chi connectivity index (χ1v) is 54.1. The number of benzene rings is 5. The van der Waals surface area contributed by atoms with Crippen LogP contribution in [0, 0.1) is 23.5 Å². The maximum absolute atomic E-state index is 14.3. The lowest BCUT2D eigenvalue weighted by Gasteiger charge is -2.10. The fraction of sp³-hybridized carbons (Fsp3) is 0.263. The van der Waals surface area contributed by atoms with Crippen LogP contribution in [0.4, 0.5) is 37.2 Å². The van der Waals surface area contributed by atoms with Crippen LogP contribution in [0.25, 0.3) is 84.1 Å². The van der Waals surface area contributed by atoms with Crippen LogP contribution in [0.15, 0.2) is 269 Å². The standard InChI is InChI=1S/C21H23ClN4O3S.C19H19ClN4O3S.C19H21FN4O3S.C18H19ClN4O3S.C18H19FN4O3S/c1-14(2)11-25-13-17(4-8-21(25)27)26-12-15(10-23-26)19-7-3-16(9-20(19)22)24-30(28,29)18-5-6-18;1-28(26,27)22-15-4-6-17(18(20)8-15)14-9-21-24(11-14)16-5-7-19(25)23(12-16)10-13-2-3-13;1-3-9-23-13-16(6-8-19(23)25)24-12-15(11-21-24)14-5-7-18(17(20)10-14)22-28(26,27)4-2;2*1-3-8-22-12-15(5-7-18(22)24)23-11-14(10-20-23)13-4-6-17(16(19)9-13)21-27(2,25)26/h3-4,7-10,12-14,18,24H,5-6,11H2,1-2H3;4-9,11-13,22H,2-3,10H2,1H3;5-8,10-13,22H,3-4,9H2,1-2H3;2*4-7,9-12,21H,3,8H2,1-2H3. The van der Waals surface area contributed by atoms with Crippen molar-refractivity contribution < 1.29 is 50.9 Å². The lowest BCUT2D eigenvalue weighted by Crippen LogP contribution is -2.21. The van der Waals surface area contributed by atoms with E-state index in [1.165, 1.54) is 68.3 Å². The Labute approximate surface area is 821 Å². The van der Waals surface area contributed by atoms with Gasteiger partial charge in [0.2, 0.25) is 50.1 Å². The molecule has 17 rings (SSSR count). The quantitative estimate of drug-likeness (QED) is 0.0261. The van der Waals surface area contributed by atoms with E-state index >= 15 is 0 Å². The molecule has 15 aromatic rings. The van der Waals surface area contributed by atoms with Gasteiger partial charge in [0, 0.05) is 175 Å². The van der Waals surface area contributed by atoms with Crippen LogP contribution in [-0.2, 0) is 82.8 Å². The summed E-state index contributed by atoms with van der Waals surface area (Å²) in [6.45, 7) is 14.8. The highest BCUT2D eigenvalue weighted by atomic mass is 35.5.